The summed E-state index contributed by atoms with van der Waals surface area (Å²) in [7, 11) is 0. The Morgan fingerprint density at radius 3 is 2.07 bits per heavy atom. The molecule has 2 aliphatic rings. The van der Waals surface area contributed by atoms with Gasteiger partial charge in [0.25, 0.3) is 0 Å². The summed E-state index contributed by atoms with van der Waals surface area (Å²) in [6.07, 6.45) is -5.68. The van der Waals surface area contributed by atoms with Crippen LogP contribution in [-0.4, -0.2) is 55.2 Å². The highest BCUT2D eigenvalue weighted by atomic mass is 16.8. The van der Waals surface area contributed by atoms with Crippen molar-refractivity contribution < 1.29 is 42.8 Å². The van der Waals surface area contributed by atoms with Crippen molar-refractivity contribution in [2.45, 2.75) is 57.8 Å². The first kappa shape index (κ1) is 20.2. The van der Waals surface area contributed by atoms with E-state index in [1.165, 1.54) is 20.8 Å². The lowest BCUT2D eigenvalue weighted by Crippen LogP contribution is -2.64. The molecule has 0 bridgehead atoms. The number of esters is 3. The summed E-state index contributed by atoms with van der Waals surface area (Å²) in [6, 6.07) is 9.21. The molecule has 0 N–H and O–H groups in total. The molecular formula is C19H22O9. The average Bonchev–Trinajstić information content (AvgIpc) is 2.64. The second kappa shape index (κ2) is 8.68. The maximum Gasteiger partial charge on any atom is 0.305 e. The third kappa shape index (κ3) is 4.67. The fourth-order valence-electron chi connectivity index (χ4n) is 3.23. The van der Waals surface area contributed by atoms with Gasteiger partial charge in [0.15, 0.2) is 12.4 Å². The molecule has 1 aromatic rings. The minimum absolute atomic E-state index is 0.104. The summed E-state index contributed by atoms with van der Waals surface area (Å²) >= 11 is 0. The van der Waals surface area contributed by atoms with E-state index >= 15 is 0 Å². The van der Waals surface area contributed by atoms with Crippen LogP contribution in [0.3, 0.4) is 0 Å². The SMILES string of the molecule is CC(=O)O[C@@H]1O[C@@H]2CO[C@H](c3ccccc3)O[C@H]2[C@H](OC(C)=O)[C@H]1OC(C)=O. The van der Waals surface area contributed by atoms with Crippen LogP contribution >= 0.6 is 0 Å². The van der Waals surface area contributed by atoms with Crippen LogP contribution in [0.4, 0.5) is 0 Å². The van der Waals surface area contributed by atoms with Gasteiger partial charge in [0, 0.05) is 26.3 Å². The van der Waals surface area contributed by atoms with Crippen molar-refractivity contribution in [3.63, 3.8) is 0 Å². The molecule has 28 heavy (non-hydrogen) atoms. The first-order valence-corrected chi connectivity index (χ1v) is 8.84. The van der Waals surface area contributed by atoms with E-state index in [0.717, 1.165) is 5.56 Å². The standard InChI is InChI=1S/C19H22O9/c1-10(20)24-16-15-14(9-23-18(28-15)13-7-5-4-6-8-13)27-19(26-12(3)22)17(16)25-11(2)21/h4-8,14-19H,9H2,1-3H3/t14-,15-,16+,17-,18+,19-/m1/s1. The Labute approximate surface area is 161 Å². The van der Waals surface area contributed by atoms with E-state index < -0.39 is 54.9 Å². The lowest BCUT2D eigenvalue weighted by Gasteiger charge is -2.47. The van der Waals surface area contributed by atoms with E-state index in [9.17, 15) is 14.4 Å². The van der Waals surface area contributed by atoms with Crippen LogP contribution in [0.25, 0.3) is 0 Å². The van der Waals surface area contributed by atoms with Gasteiger partial charge in [0.1, 0.15) is 12.2 Å². The van der Waals surface area contributed by atoms with E-state index in [0.29, 0.717) is 0 Å². The first-order valence-electron chi connectivity index (χ1n) is 8.84. The maximum atomic E-state index is 11.7. The molecule has 2 aliphatic heterocycles. The summed E-state index contributed by atoms with van der Waals surface area (Å²) in [5, 5.41) is 0. The van der Waals surface area contributed by atoms with E-state index in [4.69, 9.17) is 28.4 Å². The molecule has 2 fully saturated rings. The zero-order chi connectivity index (χ0) is 20.3. The Morgan fingerprint density at radius 2 is 1.46 bits per heavy atom. The number of hydrogen-bond donors (Lipinski definition) is 0. The largest absolute Gasteiger partial charge is 0.455 e. The van der Waals surface area contributed by atoms with Crippen LogP contribution in [0.1, 0.15) is 32.6 Å². The average molecular weight is 394 g/mol. The molecule has 0 spiro atoms. The van der Waals surface area contributed by atoms with Crippen LogP contribution in [-0.2, 0) is 42.8 Å². The summed E-state index contributed by atoms with van der Waals surface area (Å²) in [6.45, 7) is 3.72. The van der Waals surface area contributed by atoms with Crippen molar-refractivity contribution in [2.24, 2.45) is 0 Å². The van der Waals surface area contributed by atoms with Crippen molar-refractivity contribution in [1.29, 1.82) is 0 Å². The van der Waals surface area contributed by atoms with E-state index in [-0.39, 0.29) is 6.61 Å². The van der Waals surface area contributed by atoms with Crippen molar-refractivity contribution in [3.8, 4) is 0 Å². The van der Waals surface area contributed by atoms with Crippen LogP contribution in [0, 0.1) is 0 Å². The maximum absolute atomic E-state index is 11.7. The van der Waals surface area contributed by atoms with E-state index in [2.05, 4.69) is 0 Å². The summed E-state index contributed by atoms with van der Waals surface area (Å²) in [5.74, 6) is -1.88. The molecule has 1 aromatic carbocycles. The molecule has 2 heterocycles. The molecule has 0 unspecified atom stereocenters. The summed E-state index contributed by atoms with van der Waals surface area (Å²) < 4.78 is 33.3. The van der Waals surface area contributed by atoms with Crippen molar-refractivity contribution in [3.05, 3.63) is 35.9 Å². The van der Waals surface area contributed by atoms with Crippen LogP contribution in [0.15, 0.2) is 30.3 Å². The molecular weight excluding hydrogens is 372 g/mol. The zero-order valence-electron chi connectivity index (χ0n) is 15.7. The Hall–Kier alpha value is -2.49. The number of benzene rings is 1. The third-order valence-corrected chi connectivity index (χ3v) is 4.24. The second-order valence-corrected chi connectivity index (χ2v) is 6.48. The van der Waals surface area contributed by atoms with Gasteiger partial charge in [-0.2, -0.15) is 0 Å². The number of fused-ring (bicyclic) bond motifs is 1. The molecule has 0 aromatic heterocycles. The molecule has 0 saturated carbocycles. The van der Waals surface area contributed by atoms with Crippen LogP contribution in [0.2, 0.25) is 0 Å². The zero-order valence-corrected chi connectivity index (χ0v) is 15.7. The molecule has 9 nitrogen and oxygen atoms in total. The smallest absolute Gasteiger partial charge is 0.305 e. The van der Waals surface area contributed by atoms with Gasteiger partial charge in [0.05, 0.1) is 6.61 Å². The lowest BCUT2D eigenvalue weighted by atomic mass is 9.97. The van der Waals surface area contributed by atoms with Gasteiger partial charge in [-0.3, -0.25) is 14.4 Å². The van der Waals surface area contributed by atoms with E-state index in [1.54, 1.807) is 0 Å². The molecule has 9 heteroatoms. The normalized spacial score (nSPS) is 32.0. The highest BCUT2D eigenvalue weighted by Crippen LogP contribution is 2.36. The lowest BCUT2D eigenvalue weighted by molar-refractivity contribution is -0.356. The minimum Gasteiger partial charge on any atom is -0.455 e. The fraction of sp³-hybridized carbons (Fsp3) is 0.526. The van der Waals surface area contributed by atoms with Gasteiger partial charge in [-0.05, 0) is 0 Å². The number of carbonyl (C=O) groups is 3. The number of ether oxygens (including phenoxy) is 6. The van der Waals surface area contributed by atoms with Gasteiger partial charge < -0.3 is 28.4 Å². The Balaban J connectivity index is 1.88. The minimum atomic E-state index is -1.26. The second-order valence-electron chi connectivity index (χ2n) is 6.48. The van der Waals surface area contributed by atoms with Crippen molar-refractivity contribution in [1.82, 2.24) is 0 Å². The van der Waals surface area contributed by atoms with Gasteiger partial charge >= 0.3 is 17.9 Å². The number of carbonyl (C=O) groups excluding carboxylic acids is 3. The topological polar surface area (TPSA) is 107 Å². The first-order chi connectivity index (χ1) is 13.3. The predicted octanol–water partition coefficient (Wildman–Crippen LogP) is 1.25. The molecule has 0 radical (unpaired) electrons. The third-order valence-electron chi connectivity index (χ3n) is 4.24. The highest BCUT2D eigenvalue weighted by Gasteiger charge is 2.54. The summed E-state index contributed by atoms with van der Waals surface area (Å²) in [4.78, 5) is 34.8. The quantitative estimate of drug-likeness (QED) is 0.551. The number of hydrogen-bond acceptors (Lipinski definition) is 9. The molecule has 0 aliphatic carbocycles. The predicted molar refractivity (Wildman–Crippen MR) is 91.5 cm³/mol. The van der Waals surface area contributed by atoms with Crippen LogP contribution < -0.4 is 0 Å². The monoisotopic (exact) mass is 394 g/mol. The Morgan fingerprint density at radius 1 is 0.857 bits per heavy atom. The fourth-order valence-corrected chi connectivity index (χ4v) is 3.23. The Bertz CT molecular complexity index is 719. The molecule has 2 saturated heterocycles. The van der Waals surface area contributed by atoms with Gasteiger partial charge in [-0.25, -0.2) is 0 Å². The van der Waals surface area contributed by atoms with Gasteiger partial charge in [0.2, 0.25) is 12.4 Å². The van der Waals surface area contributed by atoms with Gasteiger partial charge in [-0.1, -0.05) is 30.3 Å². The Kier molecular flexibility index (Phi) is 6.28. The van der Waals surface area contributed by atoms with Crippen LogP contribution in [0.5, 0.6) is 0 Å². The highest BCUT2D eigenvalue weighted by molar-refractivity contribution is 5.68. The van der Waals surface area contributed by atoms with E-state index in [1.807, 2.05) is 30.3 Å². The summed E-state index contributed by atoms with van der Waals surface area (Å²) in [5.41, 5.74) is 0.772. The number of rotatable bonds is 4. The van der Waals surface area contributed by atoms with Crippen molar-refractivity contribution >= 4 is 17.9 Å². The molecule has 152 valence electrons. The molecule has 3 rings (SSSR count). The molecule has 0 amide bonds. The molecule has 6 atom stereocenters. The van der Waals surface area contributed by atoms with Crippen molar-refractivity contribution in [2.75, 3.05) is 6.61 Å². The van der Waals surface area contributed by atoms with Gasteiger partial charge in [-0.15, -0.1) is 0 Å².